The van der Waals surface area contributed by atoms with Gasteiger partial charge in [0.05, 0.1) is 0 Å². The molecule has 0 radical (unpaired) electrons. The van der Waals surface area contributed by atoms with Crippen molar-refractivity contribution in [3.05, 3.63) is 65.7 Å². The zero-order chi connectivity index (χ0) is 19.9. The minimum Gasteiger partial charge on any atom is -0.508 e. The van der Waals surface area contributed by atoms with Gasteiger partial charge in [-0.05, 0) is 29.8 Å². The predicted molar refractivity (Wildman–Crippen MR) is 105 cm³/mol. The molecule has 0 aromatic heterocycles. The van der Waals surface area contributed by atoms with Crippen LogP contribution in [0.5, 0.6) is 5.75 Å². The number of amides is 1. The molecule has 1 fully saturated rings. The average molecular weight is 383 g/mol. The van der Waals surface area contributed by atoms with Crippen LogP contribution in [0.4, 0.5) is 0 Å². The molecule has 1 aliphatic heterocycles. The Kier molecular flexibility index (Phi) is 6.62. The third-order valence-electron chi connectivity index (χ3n) is 4.97. The molecule has 3 rings (SSSR count). The number of carboxylic acids is 1. The van der Waals surface area contributed by atoms with Crippen LogP contribution < -0.4 is 5.32 Å². The van der Waals surface area contributed by atoms with E-state index in [9.17, 15) is 19.8 Å². The molecule has 1 atom stereocenters. The summed E-state index contributed by atoms with van der Waals surface area (Å²) < 4.78 is 0. The van der Waals surface area contributed by atoms with Gasteiger partial charge in [-0.15, -0.1) is 0 Å². The van der Waals surface area contributed by atoms with Crippen molar-refractivity contribution in [3.63, 3.8) is 0 Å². The van der Waals surface area contributed by atoms with E-state index in [-0.39, 0.29) is 18.2 Å². The number of phenols is 1. The van der Waals surface area contributed by atoms with Gasteiger partial charge < -0.3 is 15.5 Å². The van der Waals surface area contributed by atoms with Gasteiger partial charge in [0.25, 0.3) is 5.91 Å². The van der Waals surface area contributed by atoms with Crippen LogP contribution in [0.25, 0.3) is 0 Å². The summed E-state index contributed by atoms with van der Waals surface area (Å²) in [6, 6.07) is 15.3. The Morgan fingerprint density at radius 1 is 0.964 bits per heavy atom. The topological polar surface area (TPSA) is 93.1 Å². The molecule has 0 spiro atoms. The van der Waals surface area contributed by atoms with Gasteiger partial charge >= 0.3 is 5.97 Å². The highest BCUT2D eigenvalue weighted by Gasteiger charge is 2.29. The molecule has 1 saturated heterocycles. The molecule has 0 bridgehead atoms. The zero-order valence-corrected chi connectivity index (χ0v) is 15.6. The fourth-order valence-electron chi connectivity index (χ4n) is 3.35. The van der Waals surface area contributed by atoms with Gasteiger partial charge in [0, 0.05) is 44.8 Å². The van der Waals surface area contributed by atoms with Gasteiger partial charge in [-0.25, -0.2) is 0 Å². The van der Waals surface area contributed by atoms with Crippen molar-refractivity contribution in [2.45, 2.75) is 12.6 Å². The number of carbonyl (C=O) groups excluding carboxylic acids is 1. The van der Waals surface area contributed by atoms with Crippen LogP contribution in [0.1, 0.15) is 15.9 Å². The van der Waals surface area contributed by atoms with E-state index in [0.717, 1.165) is 19.6 Å². The summed E-state index contributed by atoms with van der Waals surface area (Å²) in [5, 5.41) is 21.6. The van der Waals surface area contributed by atoms with Crippen LogP contribution in [0.15, 0.2) is 54.6 Å². The summed E-state index contributed by atoms with van der Waals surface area (Å²) in [5.74, 6) is -1.22. The quantitative estimate of drug-likeness (QED) is 0.669. The van der Waals surface area contributed by atoms with E-state index < -0.39 is 12.0 Å². The van der Waals surface area contributed by atoms with Crippen LogP contribution in [0.2, 0.25) is 0 Å². The lowest BCUT2D eigenvalue weighted by Crippen LogP contribution is -2.55. The molecular weight excluding hydrogens is 358 g/mol. The molecule has 3 N–H and O–H groups in total. The molecule has 2 aromatic rings. The van der Waals surface area contributed by atoms with E-state index in [0.29, 0.717) is 18.7 Å². The number of nitrogens with one attached hydrogen (secondary N) is 1. The standard InChI is InChI=1S/C21H25N3O4/c25-18-8-6-17(7-9-18)20(26)22-14-19(21(27)28)24-12-10-23(11-13-24)15-16-4-2-1-3-5-16/h1-9,19,25H,10-15H2,(H,22,26)(H,27,28)/t19-/m0/s1. The van der Waals surface area contributed by atoms with Crippen molar-refractivity contribution >= 4 is 11.9 Å². The number of aromatic hydroxyl groups is 1. The molecule has 0 aliphatic carbocycles. The highest BCUT2D eigenvalue weighted by Crippen LogP contribution is 2.12. The van der Waals surface area contributed by atoms with E-state index >= 15 is 0 Å². The highest BCUT2D eigenvalue weighted by atomic mass is 16.4. The molecule has 148 valence electrons. The van der Waals surface area contributed by atoms with Crippen molar-refractivity contribution in [2.75, 3.05) is 32.7 Å². The Labute approximate surface area is 164 Å². The van der Waals surface area contributed by atoms with Crippen molar-refractivity contribution in [3.8, 4) is 5.75 Å². The third-order valence-corrected chi connectivity index (χ3v) is 4.97. The first-order chi connectivity index (χ1) is 13.5. The predicted octanol–water partition coefficient (Wildman–Crippen LogP) is 1.39. The molecule has 7 heteroatoms. The summed E-state index contributed by atoms with van der Waals surface area (Å²) in [7, 11) is 0. The number of phenolic OH excluding ortho intramolecular Hbond substituents is 1. The van der Waals surface area contributed by atoms with Crippen molar-refractivity contribution in [2.24, 2.45) is 0 Å². The largest absolute Gasteiger partial charge is 0.508 e. The van der Waals surface area contributed by atoms with Crippen LogP contribution >= 0.6 is 0 Å². The minimum absolute atomic E-state index is 0.0354. The lowest BCUT2D eigenvalue weighted by Gasteiger charge is -2.37. The average Bonchev–Trinajstić information content (AvgIpc) is 2.70. The zero-order valence-electron chi connectivity index (χ0n) is 15.6. The number of nitrogens with zero attached hydrogens (tertiary/aromatic N) is 2. The SMILES string of the molecule is O=C(NC[C@@H](C(=O)O)N1CCN(Cc2ccccc2)CC1)c1ccc(O)cc1. The maximum atomic E-state index is 12.2. The van der Waals surface area contributed by atoms with Gasteiger partial charge in [0.1, 0.15) is 11.8 Å². The lowest BCUT2D eigenvalue weighted by atomic mass is 10.1. The Hall–Kier alpha value is -2.90. The maximum absolute atomic E-state index is 12.2. The van der Waals surface area contributed by atoms with Crippen molar-refractivity contribution in [1.29, 1.82) is 0 Å². The summed E-state index contributed by atoms with van der Waals surface area (Å²) >= 11 is 0. The van der Waals surface area contributed by atoms with Gasteiger partial charge in [0.2, 0.25) is 0 Å². The van der Waals surface area contributed by atoms with E-state index in [1.54, 1.807) is 0 Å². The number of hydrogen-bond donors (Lipinski definition) is 3. The number of benzene rings is 2. The Morgan fingerprint density at radius 3 is 2.21 bits per heavy atom. The number of carbonyl (C=O) groups is 2. The van der Waals surface area contributed by atoms with E-state index in [1.165, 1.54) is 29.8 Å². The molecule has 0 unspecified atom stereocenters. The Balaban J connectivity index is 1.51. The second-order valence-electron chi connectivity index (χ2n) is 6.91. The van der Waals surface area contributed by atoms with Gasteiger partial charge in [0.15, 0.2) is 0 Å². The maximum Gasteiger partial charge on any atom is 0.322 e. The monoisotopic (exact) mass is 383 g/mol. The first-order valence-corrected chi connectivity index (χ1v) is 9.33. The van der Waals surface area contributed by atoms with Gasteiger partial charge in [-0.3, -0.25) is 19.4 Å². The number of rotatable bonds is 7. The fourth-order valence-corrected chi connectivity index (χ4v) is 3.35. The van der Waals surface area contributed by atoms with Gasteiger partial charge in [-0.2, -0.15) is 0 Å². The summed E-state index contributed by atoms with van der Waals surface area (Å²) in [6.07, 6.45) is 0. The van der Waals surface area contributed by atoms with Crippen molar-refractivity contribution in [1.82, 2.24) is 15.1 Å². The summed E-state index contributed by atoms with van der Waals surface area (Å²) in [6.45, 7) is 3.73. The number of piperazine rings is 1. The van der Waals surface area contributed by atoms with E-state index in [2.05, 4.69) is 22.3 Å². The fraction of sp³-hybridized carbons (Fsp3) is 0.333. The molecule has 7 nitrogen and oxygen atoms in total. The number of carboxylic acid groups (broad SMARTS) is 1. The molecular formula is C21H25N3O4. The third kappa shape index (κ3) is 5.31. The van der Waals surface area contributed by atoms with Crippen molar-refractivity contribution < 1.29 is 19.8 Å². The molecule has 1 amide bonds. The summed E-state index contributed by atoms with van der Waals surface area (Å²) in [4.78, 5) is 28.1. The molecule has 1 heterocycles. The van der Waals surface area contributed by atoms with Crippen LogP contribution in [0, 0.1) is 0 Å². The first-order valence-electron chi connectivity index (χ1n) is 9.33. The van der Waals surface area contributed by atoms with Crippen LogP contribution in [-0.2, 0) is 11.3 Å². The minimum atomic E-state index is -0.942. The Morgan fingerprint density at radius 2 is 1.61 bits per heavy atom. The molecule has 2 aromatic carbocycles. The van der Waals surface area contributed by atoms with Crippen LogP contribution in [-0.4, -0.2) is 70.7 Å². The Bertz CT molecular complexity index is 787. The number of hydrogen-bond acceptors (Lipinski definition) is 5. The summed E-state index contributed by atoms with van der Waals surface area (Å²) in [5.41, 5.74) is 1.63. The smallest absolute Gasteiger partial charge is 0.322 e. The van der Waals surface area contributed by atoms with E-state index in [4.69, 9.17) is 0 Å². The number of aliphatic carboxylic acids is 1. The van der Waals surface area contributed by atoms with E-state index in [1.807, 2.05) is 23.1 Å². The highest BCUT2D eigenvalue weighted by molar-refractivity contribution is 5.94. The molecule has 28 heavy (non-hydrogen) atoms. The van der Waals surface area contributed by atoms with Crippen LogP contribution in [0.3, 0.4) is 0 Å². The molecule has 1 aliphatic rings. The lowest BCUT2D eigenvalue weighted by molar-refractivity contribution is -0.143. The molecule has 0 saturated carbocycles. The first kappa shape index (κ1) is 19.9. The second kappa shape index (κ2) is 9.34. The second-order valence-corrected chi connectivity index (χ2v) is 6.91. The van der Waals surface area contributed by atoms with Gasteiger partial charge in [-0.1, -0.05) is 30.3 Å². The normalized spacial score (nSPS) is 16.4.